The smallest absolute Gasteiger partial charge is 0.253 e. The molecule has 0 bridgehead atoms. The molecule has 0 aromatic heterocycles. The highest BCUT2D eigenvalue weighted by atomic mass is 19.2. The molecule has 1 aliphatic rings. The van der Waals surface area contributed by atoms with Crippen molar-refractivity contribution >= 4 is 11.6 Å². The maximum Gasteiger partial charge on any atom is 0.253 e. The van der Waals surface area contributed by atoms with Crippen molar-refractivity contribution in [2.45, 2.75) is 6.42 Å². The molecule has 0 radical (unpaired) electrons. The van der Waals surface area contributed by atoms with Crippen LogP contribution < -0.4 is 4.90 Å². The summed E-state index contributed by atoms with van der Waals surface area (Å²) >= 11 is 0. The van der Waals surface area contributed by atoms with E-state index in [9.17, 15) is 13.6 Å². The molecule has 0 spiro atoms. The molecule has 24 heavy (non-hydrogen) atoms. The van der Waals surface area contributed by atoms with E-state index in [4.69, 9.17) is 0 Å². The van der Waals surface area contributed by atoms with Gasteiger partial charge in [-0.15, -0.1) is 0 Å². The first-order valence-corrected chi connectivity index (χ1v) is 8.05. The Balaban J connectivity index is 1.60. The molecule has 3 rings (SSSR count). The van der Waals surface area contributed by atoms with E-state index in [1.807, 2.05) is 18.2 Å². The van der Waals surface area contributed by atoms with Crippen LogP contribution in [-0.2, 0) is 0 Å². The van der Waals surface area contributed by atoms with Crippen LogP contribution >= 0.6 is 0 Å². The second-order valence-electron chi connectivity index (χ2n) is 6.25. The first-order valence-electron chi connectivity index (χ1n) is 8.05. The van der Waals surface area contributed by atoms with E-state index in [-0.39, 0.29) is 11.5 Å². The fourth-order valence-corrected chi connectivity index (χ4v) is 3.17. The molecule has 1 aliphatic heterocycles. The summed E-state index contributed by atoms with van der Waals surface area (Å²) in [6, 6.07) is 13.5. The number of para-hydroxylation sites is 1. The minimum absolute atomic E-state index is 0.175. The van der Waals surface area contributed by atoms with Gasteiger partial charge in [0, 0.05) is 37.9 Å². The summed E-state index contributed by atoms with van der Waals surface area (Å²) in [7, 11) is 1.70. The molecule has 2 aromatic rings. The molecule has 1 amide bonds. The van der Waals surface area contributed by atoms with Crippen molar-refractivity contribution in [1.29, 1.82) is 0 Å². The molecular weight excluding hydrogens is 310 g/mol. The van der Waals surface area contributed by atoms with Crippen LogP contribution in [0.1, 0.15) is 16.8 Å². The van der Waals surface area contributed by atoms with Gasteiger partial charge in [-0.2, -0.15) is 0 Å². The van der Waals surface area contributed by atoms with Crippen LogP contribution in [0.15, 0.2) is 48.5 Å². The quantitative estimate of drug-likeness (QED) is 0.856. The van der Waals surface area contributed by atoms with Gasteiger partial charge >= 0.3 is 0 Å². The molecule has 1 atom stereocenters. The van der Waals surface area contributed by atoms with Crippen LogP contribution in [0.5, 0.6) is 0 Å². The Morgan fingerprint density at radius 1 is 1.17 bits per heavy atom. The van der Waals surface area contributed by atoms with Crippen molar-refractivity contribution < 1.29 is 13.6 Å². The second kappa shape index (κ2) is 6.99. The number of hydrogen-bond acceptors (Lipinski definition) is 2. The molecular formula is C19H20F2N2O. The zero-order valence-electron chi connectivity index (χ0n) is 13.6. The van der Waals surface area contributed by atoms with Crippen LogP contribution in [0.2, 0.25) is 0 Å². The van der Waals surface area contributed by atoms with Crippen molar-refractivity contribution in [3.63, 3.8) is 0 Å². The second-order valence-corrected chi connectivity index (χ2v) is 6.25. The number of nitrogens with zero attached hydrogens (tertiary/aromatic N) is 2. The van der Waals surface area contributed by atoms with E-state index >= 15 is 0 Å². The third-order valence-electron chi connectivity index (χ3n) is 4.45. The normalized spacial score (nSPS) is 17.1. The minimum Gasteiger partial charge on any atom is -0.371 e. The van der Waals surface area contributed by atoms with Crippen molar-refractivity contribution in [1.82, 2.24) is 4.90 Å². The molecule has 2 aromatic carbocycles. The van der Waals surface area contributed by atoms with Crippen LogP contribution in [-0.4, -0.2) is 37.5 Å². The molecule has 1 heterocycles. The van der Waals surface area contributed by atoms with E-state index in [2.05, 4.69) is 17.0 Å². The first kappa shape index (κ1) is 16.4. The highest BCUT2D eigenvalue weighted by Gasteiger charge is 2.25. The number of amides is 1. The van der Waals surface area contributed by atoms with Crippen molar-refractivity contribution in [2.75, 3.05) is 31.6 Å². The van der Waals surface area contributed by atoms with E-state index in [1.165, 1.54) is 11.8 Å². The Morgan fingerprint density at radius 2 is 1.92 bits per heavy atom. The summed E-state index contributed by atoms with van der Waals surface area (Å²) < 4.78 is 26.3. The molecule has 126 valence electrons. The fourth-order valence-electron chi connectivity index (χ4n) is 3.17. The largest absolute Gasteiger partial charge is 0.371 e. The summed E-state index contributed by atoms with van der Waals surface area (Å²) in [6.45, 7) is 2.45. The maximum absolute atomic E-state index is 13.3. The van der Waals surface area contributed by atoms with Crippen molar-refractivity contribution in [3.05, 3.63) is 65.7 Å². The lowest BCUT2D eigenvalue weighted by molar-refractivity contribution is 0.0776. The summed E-state index contributed by atoms with van der Waals surface area (Å²) in [5.74, 6) is -1.86. The van der Waals surface area contributed by atoms with E-state index in [1.54, 1.807) is 11.9 Å². The third kappa shape index (κ3) is 3.55. The zero-order valence-corrected chi connectivity index (χ0v) is 13.6. The highest BCUT2D eigenvalue weighted by Crippen LogP contribution is 2.24. The van der Waals surface area contributed by atoms with Crippen LogP contribution in [0, 0.1) is 17.6 Å². The molecule has 3 nitrogen and oxygen atoms in total. The van der Waals surface area contributed by atoms with Crippen LogP contribution in [0.25, 0.3) is 0 Å². The molecule has 1 unspecified atom stereocenters. The van der Waals surface area contributed by atoms with Gasteiger partial charge in [-0.25, -0.2) is 8.78 Å². The lowest BCUT2D eigenvalue weighted by Crippen LogP contribution is -2.33. The van der Waals surface area contributed by atoms with Gasteiger partial charge in [0.2, 0.25) is 0 Å². The number of carbonyl (C=O) groups is 1. The topological polar surface area (TPSA) is 23.6 Å². The minimum atomic E-state index is -0.995. The van der Waals surface area contributed by atoms with Gasteiger partial charge in [-0.1, -0.05) is 18.2 Å². The van der Waals surface area contributed by atoms with Gasteiger partial charge < -0.3 is 9.80 Å². The Hall–Kier alpha value is -2.43. The van der Waals surface area contributed by atoms with Gasteiger partial charge in [0.25, 0.3) is 5.91 Å². The molecule has 0 aliphatic carbocycles. The third-order valence-corrected chi connectivity index (χ3v) is 4.45. The number of anilines is 1. The van der Waals surface area contributed by atoms with Gasteiger partial charge in [0.15, 0.2) is 11.6 Å². The Morgan fingerprint density at radius 3 is 2.62 bits per heavy atom. The zero-order chi connectivity index (χ0) is 17.1. The van der Waals surface area contributed by atoms with Gasteiger partial charge in [0.1, 0.15) is 0 Å². The van der Waals surface area contributed by atoms with Gasteiger partial charge in [-0.3, -0.25) is 4.79 Å². The number of carbonyl (C=O) groups excluding carboxylic acids is 1. The van der Waals surface area contributed by atoms with E-state index in [0.717, 1.165) is 31.6 Å². The summed E-state index contributed by atoms with van der Waals surface area (Å²) in [5, 5.41) is 0. The molecule has 5 heteroatoms. The Labute approximate surface area is 140 Å². The van der Waals surface area contributed by atoms with Crippen molar-refractivity contribution in [2.24, 2.45) is 5.92 Å². The number of rotatable bonds is 4. The van der Waals surface area contributed by atoms with E-state index in [0.29, 0.717) is 12.5 Å². The standard InChI is InChI=1S/C19H20F2N2O/c1-22(19(24)15-7-8-17(20)18(21)11-15)12-14-9-10-23(13-14)16-5-3-2-4-6-16/h2-8,11,14H,9-10,12-13H2,1H3. The number of benzene rings is 2. The van der Waals surface area contributed by atoms with Crippen molar-refractivity contribution in [3.8, 4) is 0 Å². The molecule has 1 fully saturated rings. The number of halogens is 2. The Bertz CT molecular complexity index is 721. The average Bonchev–Trinajstić information content (AvgIpc) is 3.06. The Kier molecular flexibility index (Phi) is 4.79. The molecule has 0 N–H and O–H groups in total. The lowest BCUT2D eigenvalue weighted by Gasteiger charge is -2.22. The van der Waals surface area contributed by atoms with Gasteiger partial charge in [-0.05, 0) is 42.7 Å². The SMILES string of the molecule is CN(CC1CCN(c2ccccc2)C1)C(=O)c1ccc(F)c(F)c1. The van der Waals surface area contributed by atoms with Gasteiger partial charge in [0.05, 0.1) is 0 Å². The average molecular weight is 330 g/mol. The molecule has 1 saturated heterocycles. The summed E-state index contributed by atoms with van der Waals surface area (Å²) in [6.07, 6.45) is 1.00. The molecule has 0 saturated carbocycles. The monoisotopic (exact) mass is 330 g/mol. The predicted molar refractivity (Wildman–Crippen MR) is 90.1 cm³/mol. The first-order chi connectivity index (χ1) is 11.5. The van der Waals surface area contributed by atoms with Crippen LogP contribution in [0.3, 0.4) is 0 Å². The number of hydrogen-bond donors (Lipinski definition) is 0. The summed E-state index contributed by atoms with van der Waals surface area (Å²) in [4.78, 5) is 16.3. The highest BCUT2D eigenvalue weighted by molar-refractivity contribution is 5.94. The maximum atomic E-state index is 13.3. The van der Waals surface area contributed by atoms with Crippen LogP contribution in [0.4, 0.5) is 14.5 Å². The van der Waals surface area contributed by atoms with E-state index < -0.39 is 11.6 Å². The fraction of sp³-hybridized carbons (Fsp3) is 0.316. The predicted octanol–water partition coefficient (Wildman–Crippen LogP) is 3.56. The lowest BCUT2D eigenvalue weighted by atomic mass is 10.1. The summed E-state index contributed by atoms with van der Waals surface area (Å²) in [5.41, 5.74) is 1.36.